The van der Waals surface area contributed by atoms with Crippen LogP contribution in [0.15, 0.2) is 30.8 Å². The molecule has 0 bridgehead atoms. The summed E-state index contributed by atoms with van der Waals surface area (Å²) < 4.78 is 0. The first kappa shape index (κ1) is 8.63. The number of benzene rings is 1. The van der Waals surface area contributed by atoms with E-state index in [0.29, 0.717) is 0 Å². The Kier molecular flexibility index (Phi) is 2.98. The molecule has 0 aliphatic heterocycles. The predicted octanol–water partition coefficient (Wildman–Crippen LogP) is 3.81. The number of hydrogen-bond acceptors (Lipinski definition) is 0. The molecule has 0 N–H and O–H groups in total. The molecular weight excluding hydrogens is 179 g/mol. The van der Waals surface area contributed by atoms with Crippen molar-refractivity contribution in [3.63, 3.8) is 0 Å². The molecule has 0 amide bonds. The van der Waals surface area contributed by atoms with E-state index in [1.165, 1.54) is 0 Å². The summed E-state index contributed by atoms with van der Waals surface area (Å²) in [6.45, 7) is 3.66. The average molecular weight is 187 g/mol. The number of alkyl halides is 2. The van der Waals surface area contributed by atoms with Gasteiger partial charge in [-0.25, -0.2) is 0 Å². The van der Waals surface area contributed by atoms with Crippen LogP contribution in [0, 0.1) is 0 Å². The Bertz CT molecular complexity index is 253. The second kappa shape index (κ2) is 3.80. The zero-order valence-corrected chi connectivity index (χ0v) is 7.44. The molecule has 0 spiro atoms. The first-order valence-corrected chi connectivity index (χ1v) is 4.12. The van der Waals surface area contributed by atoms with E-state index in [1.54, 1.807) is 6.08 Å². The molecule has 0 saturated heterocycles. The fraction of sp³-hybridized carbons (Fsp3) is 0.111. The lowest BCUT2D eigenvalue weighted by Crippen LogP contribution is -1.85. The quantitative estimate of drug-likeness (QED) is 0.617. The van der Waals surface area contributed by atoms with Crippen LogP contribution in [0.4, 0.5) is 0 Å². The minimum atomic E-state index is -0.468. The van der Waals surface area contributed by atoms with E-state index < -0.39 is 4.84 Å². The molecule has 58 valence electrons. The first-order chi connectivity index (χ1) is 5.25. The molecule has 11 heavy (non-hydrogen) atoms. The third kappa shape index (κ3) is 1.98. The standard InChI is InChI=1S/C9H8Cl2/c1-2-7-5-3-4-6-8(7)9(10)11/h2-6,9H,1H2. The second-order valence-electron chi connectivity index (χ2n) is 2.13. The molecule has 1 aromatic rings. The van der Waals surface area contributed by atoms with E-state index in [1.807, 2.05) is 24.3 Å². The van der Waals surface area contributed by atoms with Crippen molar-refractivity contribution in [3.8, 4) is 0 Å². The molecule has 0 radical (unpaired) electrons. The predicted molar refractivity (Wildman–Crippen MR) is 51.0 cm³/mol. The van der Waals surface area contributed by atoms with Gasteiger partial charge in [0.05, 0.1) is 0 Å². The van der Waals surface area contributed by atoms with E-state index in [2.05, 4.69) is 6.58 Å². The second-order valence-corrected chi connectivity index (χ2v) is 3.23. The lowest BCUT2D eigenvalue weighted by Gasteiger charge is -2.04. The zero-order valence-electron chi connectivity index (χ0n) is 5.93. The van der Waals surface area contributed by atoms with Crippen molar-refractivity contribution in [1.82, 2.24) is 0 Å². The van der Waals surface area contributed by atoms with Gasteiger partial charge in [-0.15, -0.1) is 23.2 Å². The highest BCUT2D eigenvalue weighted by Gasteiger charge is 2.05. The van der Waals surface area contributed by atoms with Crippen molar-refractivity contribution < 1.29 is 0 Å². The minimum Gasteiger partial charge on any atom is -0.100 e. The molecule has 0 aromatic heterocycles. The molecule has 0 aliphatic rings. The van der Waals surface area contributed by atoms with Crippen LogP contribution < -0.4 is 0 Å². The molecular formula is C9H8Cl2. The van der Waals surface area contributed by atoms with Crippen molar-refractivity contribution in [2.45, 2.75) is 4.84 Å². The van der Waals surface area contributed by atoms with Gasteiger partial charge in [-0.2, -0.15) is 0 Å². The summed E-state index contributed by atoms with van der Waals surface area (Å²) in [5.41, 5.74) is 1.90. The fourth-order valence-corrected chi connectivity index (χ4v) is 1.29. The van der Waals surface area contributed by atoms with Crippen LogP contribution >= 0.6 is 23.2 Å². The lowest BCUT2D eigenvalue weighted by atomic mass is 10.1. The number of hydrogen-bond donors (Lipinski definition) is 0. The molecule has 0 aliphatic carbocycles. The van der Waals surface area contributed by atoms with Crippen molar-refractivity contribution in [2.24, 2.45) is 0 Å². The third-order valence-electron chi connectivity index (χ3n) is 1.45. The molecule has 1 aromatic carbocycles. The maximum absolute atomic E-state index is 5.70. The van der Waals surface area contributed by atoms with Crippen LogP contribution in [-0.2, 0) is 0 Å². The van der Waals surface area contributed by atoms with Gasteiger partial charge in [-0.3, -0.25) is 0 Å². The van der Waals surface area contributed by atoms with Crippen molar-refractivity contribution in [2.75, 3.05) is 0 Å². The highest BCUT2D eigenvalue weighted by molar-refractivity contribution is 6.44. The number of halogens is 2. The summed E-state index contributed by atoms with van der Waals surface area (Å²) in [5, 5.41) is 0. The van der Waals surface area contributed by atoms with Crippen molar-refractivity contribution >= 4 is 29.3 Å². The summed E-state index contributed by atoms with van der Waals surface area (Å²) >= 11 is 11.4. The summed E-state index contributed by atoms with van der Waals surface area (Å²) in [6, 6.07) is 7.65. The molecule has 0 nitrogen and oxygen atoms in total. The molecule has 0 saturated carbocycles. The molecule has 0 fully saturated rings. The van der Waals surface area contributed by atoms with E-state index >= 15 is 0 Å². The largest absolute Gasteiger partial charge is 0.133 e. The van der Waals surface area contributed by atoms with Crippen LogP contribution in [0.1, 0.15) is 16.0 Å². The van der Waals surface area contributed by atoms with E-state index in [4.69, 9.17) is 23.2 Å². The Morgan fingerprint density at radius 1 is 1.27 bits per heavy atom. The summed E-state index contributed by atoms with van der Waals surface area (Å²) in [7, 11) is 0. The van der Waals surface area contributed by atoms with Gasteiger partial charge in [0, 0.05) is 0 Å². The SMILES string of the molecule is C=Cc1ccccc1C(Cl)Cl. The van der Waals surface area contributed by atoms with Crippen LogP contribution in [0.3, 0.4) is 0 Å². The lowest BCUT2D eigenvalue weighted by molar-refractivity contribution is 1.33. The Morgan fingerprint density at radius 2 is 1.91 bits per heavy atom. The van der Waals surface area contributed by atoms with Gasteiger partial charge in [0.2, 0.25) is 0 Å². The zero-order chi connectivity index (χ0) is 8.27. The highest BCUT2D eigenvalue weighted by Crippen LogP contribution is 2.27. The topological polar surface area (TPSA) is 0 Å². The van der Waals surface area contributed by atoms with Crippen LogP contribution in [0.2, 0.25) is 0 Å². The van der Waals surface area contributed by atoms with Gasteiger partial charge in [0.25, 0.3) is 0 Å². The Balaban J connectivity index is 3.12. The van der Waals surface area contributed by atoms with Crippen LogP contribution in [-0.4, -0.2) is 0 Å². The van der Waals surface area contributed by atoms with E-state index in [9.17, 15) is 0 Å². The molecule has 0 atom stereocenters. The Morgan fingerprint density at radius 3 is 2.36 bits per heavy atom. The van der Waals surface area contributed by atoms with Gasteiger partial charge in [-0.05, 0) is 11.1 Å². The average Bonchev–Trinajstić information content (AvgIpc) is 2.04. The monoisotopic (exact) mass is 186 g/mol. The van der Waals surface area contributed by atoms with Crippen molar-refractivity contribution in [3.05, 3.63) is 42.0 Å². The Hall–Kier alpha value is -0.460. The maximum Gasteiger partial charge on any atom is 0.133 e. The van der Waals surface area contributed by atoms with E-state index in [-0.39, 0.29) is 0 Å². The smallest absolute Gasteiger partial charge is 0.100 e. The summed E-state index contributed by atoms with van der Waals surface area (Å²) in [5.74, 6) is 0. The van der Waals surface area contributed by atoms with E-state index in [0.717, 1.165) is 11.1 Å². The van der Waals surface area contributed by atoms with Gasteiger partial charge < -0.3 is 0 Å². The molecule has 2 heteroatoms. The third-order valence-corrected chi connectivity index (χ3v) is 1.92. The maximum atomic E-state index is 5.70. The van der Waals surface area contributed by atoms with Gasteiger partial charge in [-0.1, -0.05) is 36.9 Å². The van der Waals surface area contributed by atoms with Gasteiger partial charge in [0.1, 0.15) is 4.84 Å². The summed E-state index contributed by atoms with van der Waals surface area (Å²) in [4.78, 5) is -0.468. The Labute approximate surface area is 76.4 Å². The van der Waals surface area contributed by atoms with Crippen molar-refractivity contribution in [1.29, 1.82) is 0 Å². The van der Waals surface area contributed by atoms with Crippen LogP contribution in [0.25, 0.3) is 6.08 Å². The molecule has 0 unspecified atom stereocenters. The van der Waals surface area contributed by atoms with Gasteiger partial charge >= 0.3 is 0 Å². The normalized spacial score (nSPS) is 10.1. The van der Waals surface area contributed by atoms with Gasteiger partial charge in [0.15, 0.2) is 0 Å². The first-order valence-electron chi connectivity index (χ1n) is 3.25. The van der Waals surface area contributed by atoms with Crippen LogP contribution in [0.5, 0.6) is 0 Å². The molecule has 0 heterocycles. The number of rotatable bonds is 2. The summed E-state index contributed by atoms with van der Waals surface area (Å²) in [6.07, 6.45) is 1.74. The fourth-order valence-electron chi connectivity index (χ4n) is 0.896. The molecule has 1 rings (SSSR count). The minimum absolute atomic E-state index is 0.468. The highest BCUT2D eigenvalue weighted by atomic mass is 35.5.